The van der Waals surface area contributed by atoms with Gasteiger partial charge in [0.15, 0.2) is 0 Å². The number of halogens is 1. The highest BCUT2D eigenvalue weighted by Crippen LogP contribution is 2.50. The number of anilines is 1. The Labute approximate surface area is 161 Å². The van der Waals surface area contributed by atoms with E-state index in [1.54, 1.807) is 24.3 Å². The molecule has 0 aliphatic heterocycles. The molecule has 0 saturated carbocycles. The normalized spacial score (nSPS) is 10.7. The number of hydrogen-bond acceptors (Lipinski definition) is 4. The van der Waals surface area contributed by atoms with Gasteiger partial charge in [-0.05, 0) is 74.7 Å². The predicted molar refractivity (Wildman–Crippen MR) is 106 cm³/mol. The summed E-state index contributed by atoms with van der Waals surface area (Å²) in [7, 11) is 7.65. The fourth-order valence-corrected chi connectivity index (χ4v) is 4.39. The van der Waals surface area contributed by atoms with Gasteiger partial charge in [0.1, 0.15) is 4.75 Å². The zero-order valence-corrected chi connectivity index (χ0v) is 15.3. The third-order valence-corrected chi connectivity index (χ3v) is 5.91. The molecule has 0 fully saturated rings. The molecule has 3 nitrogen and oxygen atoms in total. The monoisotopic (exact) mass is 375 g/mol. The summed E-state index contributed by atoms with van der Waals surface area (Å²) in [6, 6.07) is 26.6. The van der Waals surface area contributed by atoms with Gasteiger partial charge in [0.2, 0.25) is 0 Å². The summed E-state index contributed by atoms with van der Waals surface area (Å²) >= 11 is 0. The zero-order valence-electron chi connectivity index (χ0n) is 13.7. The molecule has 0 aliphatic rings. The molecule has 5 heteroatoms. The Hall–Kier alpha value is -2.92. The quantitative estimate of drug-likeness (QED) is 0.503. The summed E-state index contributed by atoms with van der Waals surface area (Å²) in [5.74, 6) is 0. The molecule has 126 valence electrons. The van der Waals surface area contributed by atoms with Crippen molar-refractivity contribution in [2.75, 3.05) is 5.73 Å². The molecular weight excluding hydrogens is 362 g/mol. The van der Waals surface area contributed by atoms with Crippen molar-refractivity contribution < 1.29 is 0 Å². The molecule has 0 amide bonds. The van der Waals surface area contributed by atoms with Crippen molar-refractivity contribution in [2.24, 2.45) is 0 Å². The maximum Gasteiger partial charge on any atom is 0.106 e. The van der Waals surface area contributed by atoms with Crippen LogP contribution in [-0.4, -0.2) is 0 Å². The van der Waals surface area contributed by atoms with Crippen LogP contribution in [0.25, 0.3) is 0 Å². The van der Waals surface area contributed by atoms with Crippen molar-refractivity contribution in [3.63, 3.8) is 0 Å². The number of benzene rings is 3. The predicted octanol–water partition coefficient (Wildman–Crippen LogP) is 5.19. The van der Waals surface area contributed by atoms with E-state index < -0.39 is 4.75 Å². The van der Waals surface area contributed by atoms with Crippen molar-refractivity contribution in [1.82, 2.24) is 0 Å². The van der Waals surface area contributed by atoms with Crippen LogP contribution in [0.2, 0.25) is 0 Å². The van der Waals surface area contributed by atoms with Crippen LogP contribution in [0.1, 0.15) is 27.8 Å². The van der Waals surface area contributed by atoms with Gasteiger partial charge in [0.05, 0.1) is 23.3 Å². The highest BCUT2D eigenvalue weighted by molar-refractivity contribution is 8.22. The second-order valence-electron chi connectivity index (χ2n) is 5.76. The lowest BCUT2D eigenvalue weighted by molar-refractivity contribution is 0.902. The largest absolute Gasteiger partial charge is 0.399 e. The highest BCUT2D eigenvalue weighted by Gasteiger charge is 2.37. The molecular formula is C21H14ClN3S. The first-order valence-electron chi connectivity index (χ1n) is 7.81. The lowest BCUT2D eigenvalue weighted by atomic mass is 9.83. The van der Waals surface area contributed by atoms with Crippen molar-refractivity contribution in [3.8, 4) is 12.1 Å². The molecule has 0 heterocycles. The summed E-state index contributed by atoms with van der Waals surface area (Å²) in [5, 5.41) is 18.2. The first-order chi connectivity index (χ1) is 12.6. The zero-order chi connectivity index (χ0) is 18.6. The van der Waals surface area contributed by atoms with Crippen LogP contribution in [0.5, 0.6) is 0 Å². The molecule has 26 heavy (non-hydrogen) atoms. The molecule has 3 rings (SSSR count). The molecule has 0 aromatic heterocycles. The van der Waals surface area contributed by atoms with E-state index in [4.69, 9.17) is 26.9 Å². The summed E-state index contributed by atoms with van der Waals surface area (Å²) in [6.07, 6.45) is 0. The topological polar surface area (TPSA) is 73.6 Å². The molecule has 3 aromatic carbocycles. The summed E-state index contributed by atoms with van der Waals surface area (Å²) in [4.78, 5) is 0. The molecule has 0 saturated heterocycles. The summed E-state index contributed by atoms with van der Waals surface area (Å²) in [5.41, 5.74) is 10.5. The molecule has 2 N–H and O–H groups in total. The SMILES string of the molecule is N#Cc1ccc(C(SCl)(c2ccc(N)cc2)c2ccc(C#N)cc2)cc1. The number of nitriles is 2. The van der Waals surface area contributed by atoms with Crippen molar-refractivity contribution >= 4 is 27.3 Å². The fraction of sp³-hybridized carbons (Fsp3) is 0.0476. The van der Waals surface area contributed by atoms with Crippen LogP contribution in [0.3, 0.4) is 0 Å². The molecule has 0 spiro atoms. The van der Waals surface area contributed by atoms with Gasteiger partial charge < -0.3 is 5.73 Å². The third-order valence-electron chi connectivity index (χ3n) is 4.27. The minimum absolute atomic E-state index is 0.583. The van der Waals surface area contributed by atoms with Gasteiger partial charge in [-0.15, -0.1) is 0 Å². The Morgan fingerprint density at radius 1 is 0.692 bits per heavy atom. The lowest BCUT2D eigenvalue weighted by Gasteiger charge is -2.33. The Balaban J connectivity index is 2.26. The van der Waals surface area contributed by atoms with E-state index in [0.717, 1.165) is 16.7 Å². The standard InChI is InChI=1S/C21H14ClN3S/c22-26-21(19-9-11-20(25)12-10-19,17-5-1-15(13-23)2-6-17)18-7-3-16(14-24)4-8-18/h1-12H,25H2. The third kappa shape index (κ3) is 3.13. The molecule has 0 bridgehead atoms. The maximum atomic E-state index is 9.08. The van der Waals surface area contributed by atoms with Gasteiger partial charge in [-0.25, -0.2) is 0 Å². The maximum absolute atomic E-state index is 9.08. The van der Waals surface area contributed by atoms with E-state index in [9.17, 15) is 0 Å². The smallest absolute Gasteiger partial charge is 0.106 e. The second-order valence-corrected chi connectivity index (χ2v) is 6.99. The van der Waals surface area contributed by atoms with E-state index >= 15 is 0 Å². The Kier molecular flexibility index (Phi) is 5.19. The first-order valence-corrected chi connectivity index (χ1v) is 9.45. The summed E-state index contributed by atoms with van der Waals surface area (Å²) < 4.78 is -0.697. The van der Waals surface area contributed by atoms with Crippen molar-refractivity contribution in [2.45, 2.75) is 4.75 Å². The number of rotatable bonds is 4. The Morgan fingerprint density at radius 3 is 1.35 bits per heavy atom. The van der Waals surface area contributed by atoms with Crippen LogP contribution < -0.4 is 5.73 Å². The lowest BCUT2D eigenvalue weighted by Crippen LogP contribution is -2.24. The number of hydrogen-bond donors (Lipinski definition) is 1. The average molecular weight is 376 g/mol. The Morgan fingerprint density at radius 2 is 1.04 bits per heavy atom. The van der Waals surface area contributed by atoms with Crippen LogP contribution in [0.15, 0.2) is 72.8 Å². The summed E-state index contributed by atoms with van der Waals surface area (Å²) in [6.45, 7) is 0. The van der Waals surface area contributed by atoms with E-state index in [1.165, 1.54) is 11.0 Å². The minimum Gasteiger partial charge on any atom is -0.399 e. The van der Waals surface area contributed by atoms with Gasteiger partial charge in [-0.1, -0.05) is 36.4 Å². The van der Waals surface area contributed by atoms with Gasteiger partial charge in [0.25, 0.3) is 0 Å². The van der Waals surface area contributed by atoms with Crippen LogP contribution in [-0.2, 0) is 4.75 Å². The van der Waals surface area contributed by atoms with Gasteiger partial charge in [-0.2, -0.15) is 10.5 Å². The second kappa shape index (κ2) is 7.54. The molecule has 0 aliphatic carbocycles. The fourth-order valence-electron chi connectivity index (χ4n) is 2.91. The van der Waals surface area contributed by atoms with E-state index in [1.807, 2.05) is 48.5 Å². The van der Waals surface area contributed by atoms with Crippen LogP contribution in [0.4, 0.5) is 5.69 Å². The number of nitrogens with two attached hydrogens (primary N) is 1. The molecule has 3 aromatic rings. The van der Waals surface area contributed by atoms with Crippen molar-refractivity contribution in [1.29, 1.82) is 10.5 Å². The van der Waals surface area contributed by atoms with Gasteiger partial charge in [-0.3, -0.25) is 0 Å². The Bertz CT molecular complexity index is 924. The first kappa shape index (κ1) is 17.9. The molecule has 0 unspecified atom stereocenters. The average Bonchev–Trinajstić information content (AvgIpc) is 2.71. The van der Waals surface area contributed by atoms with Crippen LogP contribution in [0, 0.1) is 22.7 Å². The number of nitrogens with zero attached hydrogens (tertiary/aromatic N) is 2. The van der Waals surface area contributed by atoms with E-state index in [2.05, 4.69) is 12.1 Å². The van der Waals surface area contributed by atoms with Gasteiger partial charge >= 0.3 is 0 Å². The van der Waals surface area contributed by atoms with Crippen molar-refractivity contribution in [3.05, 3.63) is 101 Å². The van der Waals surface area contributed by atoms with Gasteiger partial charge in [0, 0.05) is 5.69 Å². The molecule has 0 radical (unpaired) electrons. The van der Waals surface area contributed by atoms with E-state index in [-0.39, 0.29) is 0 Å². The number of nitrogen functional groups attached to an aromatic ring is 1. The van der Waals surface area contributed by atoms with E-state index in [0.29, 0.717) is 16.8 Å². The molecule has 0 atom stereocenters. The van der Waals surface area contributed by atoms with Crippen LogP contribution >= 0.6 is 21.7 Å². The highest BCUT2D eigenvalue weighted by atomic mass is 35.7. The minimum atomic E-state index is -0.697.